The molecule has 4 nitrogen and oxygen atoms in total. The summed E-state index contributed by atoms with van der Waals surface area (Å²) in [6.45, 7) is 2.52. The van der Waals surface area contributed by atoms with E-state index in [-0.39, 0.29) is 12.5 Å². The lowest BCUT2D eigenvalue weighted by atomic mass is 9.84. The summed E-state index contributed by atoms with van der Waals surface area (Å²) in [5.41, 5.74) is -0.424. The minimum atomic E-state index is -0.837. The van der Waals surface area contributed by atoms with Crippen molar-refractivity contribution in [2.75, 3.05) is 13.1 Å². The van der Waals surface area contributed by atoms with Gasteiger partial charge in [-0.3, -0.25) is 9.59 Å². The first-order valence-corrected chi connectivity index (χ1v) is 7.55. The lowest BCUT2D eigenvalue weighted by Crippen LogP contribution is -2.36. The fraction of sp³-hybridized carbons (Fsp3) is 0.429. The lowest BCUT2D eigenvalue weighted by molar-refractivity contribution is -0.148. The van der Waals surface area contributed by atoms with Crippen LogP contribution >= 0.6 is 27.5 Å². The number of carboxylic acid groups (broad SMARTS) is 1. The quantitative estimate of drug-likeness (QED) is 0.898. The molecule has 0 spiro atoms. The van der Waals surface area contributed by atoms with Crippen LogP contribution in [0.4, 0.5) is 0 Å². The van der Waals surface area contributed by atoms with Crippen LogP contribution in [0.25, 0.3) is 0 Å². The molecule has 1 amide bonds. The van der Waals surface area contributed by atoms with E-state index in [9.17, 15) is 14.7 Å². The van der Waals surface area contributed by atoms with Gasteiger partial charge in [0.2, 0.25) is 0 Å². The van der Waals surface area contributed by atoms with Gasteiger partial charge in [0.1, 0.15) is 0 Å². The van der Waals surface area contributed by atoms with Crippen molar-refractivity contribution in [3.63, 3.8) is 0 Å². The molecule has 0 bridgehead atoms. The zero-order chi connectivity index (χ0) is 14.9. The standard InChI is InChI=1S/C14H15BrClNO3/c1-2-14(13(19)20)6-7-17(8-14)12(18)9-4-3-5-10(15)11(9)16/h3-5H,2,6-8H2,1H3,(H,19,20). The van der Waals surface area contributed by atoms with Crippen LogP contribution in [0, 0.1) is 5.41 Å². The lowest BCUT2D eigenvalue weighted by Gasteiger charge is -2.23. The Morgan fingerprint density at radius 1 is 1.50 bits per heavy atom. The van der Waals surface area contributed by atoms with Gasteiger partial charge in [0.05, 0.1) is 16.0 Å². The van der Waals surface area contributed by atoms with Crippen molar-refractivity contribution < 1.29 is 14.7 Å². The summed E-state index contributed by atoms with van der Waals surface area (Å²) >= 11 is 9.41. The third kappa shape index (κ3) is 2.56. The van der Waals surface area contributed by atoms with E-state index >= 15 is 0 Å². The van der Waals surface area contributed by atoms with E-state index in [0.29, 0.717) is 34.4 Å². The van der Waals surface area contributed by atoms with E-state index in [4.69, 9.17) is 11.6 Å². The Morgan fingerprint density at radius 3 is 2.75 bits per heavy atom. The van der Waals surface area contributed by atoms with E-state index in [0.717, 1.165) is 0 Å². The summed E-state index contributed by atoms with van der Waals surface area (Å²) in [5, 5.41) is 9.72. The van der Waals surface area contributed by atoms with Gasteiger partial charge >= 0.3 is 5.97 Å². The highest BCUT2D eigenvalue weighted by atomic mass is 79.9. The van der Waals surface area contributed by atoms with E-state index in [1.54, 1.807) is 23.1 Å². The second-order valence-electron chi connectivity index (χ2n) is 5.02. The summed E-state index contributed by atoms with van der Waals surface area (Å²) < 4.78 is 0.657. The number of hydrogen-bond acceptors (Lipinski definition) is 2. The highest BCUT2D eigenvalue weighted by Crippen LogP contribution is 2.36. The van der Waals surface area contributed by atoms with Crippen LogP contribution in [0.2, 0.25) is 5.02 Å². The van der Waals surface area contributed by atoms with Gasteiger partial charge in [-0.2, -0.15) is 0 Å². The number of nitrogens with zero attached hydrogens (tertiary/aromatic N) is 1. The fourth-order valence-corrected chi connectivity index (χ4v) is 3.07. The topological polar surface area (TPSA) is 57.6 Å². The molecule has 1 aliphatic rings. The normalized spacial score (nSPS) is 22.1. The van der Waals surface area contributed by atoms with Gasteiger partial charge in [-0.1, -0.05) is 24.6 Å². The monoisotopic (exact) mass is 359 g/mol. The van der Waals surface area contributed by atoms with E-state index < -0.39 is 11.4 Å². The van der Waals surface area contributed by atoms with Crippen molar-refractivity contribution >= 4 is 39.4 Å². The number of aliphatic carboxylic acids is 1. The maximum absolute atomic E-state index is 12.5. The first-order chi connectivity index (χ1) is 9.41. The second-order valence-corrected chi connectivity index (χ2v) is 6.25. The second kappa shape index (κ2) is 5.74. The molecular formula is C14H15BrClNO3. The molecule has 6 heteroatoms. The molecule has 1 fully saturated rings. The van der Waals surface area contributed by atoms with Crippen molar-refractivity contribution in [2.45, 2.75) is 19.8 Å². The summed E-state index contributed by atoms with van der Waals surface area (Å²) in [4.78, 5) is 25.5. The number of carboxylic acids is 1. The average Bonchev–Trinajstić information content (AvgIpc) is 2.87. The molecule has 1 unspecified atom stereocenters. The summed E-state index contributed by atoms with van der Waals surface area (Å²) in [6.07, 6.45) is 0.995. The van der Waals surface area contributed by atoms with Crippen molar-refractivity contribution in [3.05, 3.63) is 33.3 Å². The number of likely N-dealkylation sites (tertiary alicyclic amines) is 1. The molecule has 1 atom stereocenters. The van der Waals surface area contributed by atoms with Crippen molar-refractivity contribution in [1.82, 2.24) is 4.90 Å². The van der Waals surface area contributed by atoms with Gasteiger partial charge < -0.3 is 10.0 Å². The Bertz CT molecular complexity index is 563. The number of carbonyl (C=O) groups excluding carboxylic acids is 1. The number of amides is 1. The zero-order valence-corrected chi connectivity index (χ0v) is 13.4. The summed E-state index contributed by atoms with van der Waals surface area (Å²) in [6, 6.07) is 5.16. The van der Waals surface area contributed by atoms with Gasteiger partial charge in [0, 0.05) is 17.6 Å². The molecule has 108 valence electrons. The molecule has 2 rings (SSSR count). The smallest absolute Gasteiger partial charge is 0.311 e. The Morgan fingerprint density at radius 2 is 2.20 bits per heavy atom. The van der Waals surface area contributed by atoms with Crippen molar-refractivity contribution in [1.29, 1.82) is 0 Å². The van der Waals surface area contributed by atoms with E-state index in [2.05, 4.69) is 15.9 Å². The Hall–Kier alpha value is -1.07. The first kappa shape index (κ1) is 15.3. The van der Waals surface area contributed by atoms with Crippen LogP contribution in [0.5, 0.6) is 0 Å². The molecule has 1 aromatic carbocycles. The molecule has 0 aliphatic carbocycles. The number of benzene rings is 1. The summed E-state index contributed by atoms with van der Waals surface area (Å²) in [5.74, 6) is -1.05. The molecule has 1 aromatic rings. The number of carbonyl (C=O) groups is 2. The maximum atomic E-state index is 12.5. The molecular weight excluding hydrogens is 346 g/mol. The van der Waals surface area contributed by atoms with Gasteiger partial charge in [0.15, 0.2) is 0 Å². The highest BCUT2D eigenvalue weighted by molar-refractivity contribution is 9.10. The van der Waals surface area contributed by atoms with E-state index in [1.807, 2.05) is 6.92 Å². The molecule has 1 heterocycles. The van der Waals surface area contributed by atoms with Crippen LogP contribution in [0.15, 0.2) is 22.7 Å². The van der Waals surface area contributed by atoms with Crippen LogP contribution in [-0.4, -0.2) is 35.0 Å². The third-order valence-electron chi connectivity index (χ3n) is 3.95. The molecule has 1 aliphatic heterocycles. The predicted molar refractivity (Wildman–Crippen MR) is 80.0 cm³/mol. The Kier molecular flexibility index (Phi) is 4.39. The van der Waals surface area contributed by atoms with Crippen LogP contribution in [0.1, 0.15) is 30.1 Å². The van der Waals surface area contributed by atoms with E-state index in [1.165, 1.54) is 0 Å². The average molecular weight is 361 g/mol. The highest BCUT2D eigenvalue weighted by Gasteiger charge is 2.45. The van der Waals surface area contributed by atoms with Crippen molar-refractivity contribution in [2.24, 2.45) is 5.41 Å². The molecule has 1 N–H and O–H groups in total. The Labute approximate surface area is 130 Å². The third-order valence-corrected chi connectivity index (χ3v) is 5.25. The van der Waals surface area contributed by atoms with Crippen LogP contribution in [-0.2, 0) is 4.79 Å². The van der Waals surface area contributed by atoms with Crippen LogP contribution in [0.3, 0.4) is 0 Å². The van der Waals surface area contributed by atoms with Gasteiger partial charge in [-0.05, 0) is 40.9 Å². The molecule has 20 heavy (non-hydrogen) atoms. The molecule has 0 aromatic heterocycles. The number of hydrogen-bond donors (Lipinski definition) is 1. The minimum absolute atomic E-state index is 0.215. The number of halogens is 2. The molecule has 1 saturated heterocycles. The summed E-state index contributed by atoms with van der Waals surface area (Å²) in [7, 11) is 0. The first-order valence-electron chi connectivity index (χ1n) is 6.38. The Balaban J connectivity index is 2.24. The largest absolute Gasteiger partial charge is 0.481 e. The zero-order valence-electron chi connectivity index (χ0n) is 11.0. The maximum Gasteiger partial charge on any atom is 0.311 e. The minimum Gasteiger partial charge on any atom is -0.481 e. The van der Waals surface area contributed by atoms with Gasteiger partial charge in [-0.15, -0.1) is 0 Å². The number of rotatable bonds is 3. The van der Waals surface area contributed by atoms with Crippen LogP contribution < -0.4 is 0 Å². The van der Waals surface area contributed by atoms with Gasteiger partial charge in [0.25, 0.3) is 5.91 Å². The predicted octanol–water partition coefficient (Wildman–Crippen LogP) is 3.43. The SMILES string of the molecule is CCC1(C(=O)O)CCN(C(=O)c2cccc(Br)c2Cl)C1. The molecule has 0 saturated carbocycles. The molecule has 0 radical (unpaired) electrons. The van der Waals surface area contributed by atoms with Crippen molar-refractivity contribution in [3.8, 4) is 0 Å². The fourth-order valence-electron chi connectivity index (χ4n) is 2.50. The van der Waals surface area contributed by atoms with Gasteiger partial charge in [-0.25, -0.2) is 0 Å².